The Morgan fingerprint density at radius 2 is 0.947 bits per heavy atom. The van der Waals surface area contributed by atoms with Gasteiger partial charge in [-0.15, -0.1) is 0 Å². The molecule has 10 aromatic rings. The Kier molecular flexibility index (Phi) is 2.95. The maximum atomic E-state index is 14.2. The second-order valence-corrected chi connectivity index (χ2v) is 10.1. The zero-order valence-electron chi connectivity index (χ0n) is 19.7. The van der Waals surface area contributed by atoms with E-state index in [1.54, 1.807) is 4.40 Å². The Hall–Kier alpha value is -5.36. The largest absolute Gasteiger partial charge is 0.453 e. The molecule has 0 atom stereocenters. The number of hydrogen-bond acceptors (Lipinski definition) is 3. The molecule has 38 heavy (non-hydrogen) atoms. The average Bonchev–Trinajstić information content (AvgIpc) is 2.96. The molecular formula is C32H15N3O3. The third-order valence-electron chi connectivity index (χ3n) is 8.34. The second-order valence-electron chi connectivity index (χ2n) is 10.1. The Balaban J connectivity index is 1.72. The van der Waals surface area contributed by atoms with E-state index in [1.165, 1.54) is 0 Å². The molecule has 0 amide bonds. The zero-order chi connectivity index (χ0) is 24.9. The Morgan fingerprint density at radius 3 is 1.63 bits per heavy atom. The van der Waals surface area contributed by atoms with Crippen molar-refractivity contribution < 1.29 is 4.42 Å². The molecule has 0 saturated heterocycles. The third kappa shape index (κ3) is 1.85. The quantitative estimate of drug-likeness (QED) is 0.179. The van der Waals surface area contributed by atoms with Crippen molar-refractivity contribution in [3.8, 4) is 0 Å². The molecule has 0 aliphatic heterocycles. The number of rotatable bonds is 0. The third-order valence-corrected chi connectivity index (χ3v) is 8.34. The first kappa shape index (κ1) is 18.8. The molecule has 0 radical (unpaired) electrons. The standard InChI is InChI=1S/C32H15N3O3/c36-31-20-8-3-1-6-16(20)18-12-14-23-29-26(18)33(31)22-10-5-11-24-28(22)35(29)30-25(38-24)15-13-19-17-7-2-4-9-21(17)32(37)34(23)27(19)30/h1-15H. The lowest BCUT2D eigenvalue weighted by atomic mass is 10.0. The molecular weight excluding hydrogens is 474 g/mol. The minimum atomic E-state index is -0.0878. The lowest BCUT2D eigenvalue weighted by Gasteiger charge is -2.24. The minimum absolute atomic E-state index is 0.0870. The number of nitrogens with zero attached hydrogens (tertiary/aromatic N) is 3. The number of pyridine rings is 2. The summed E-state index contributed by atoms with van der Waals surface area (Å²) < 4.78 is 12.3. The van der Waals surface area contributed by atoms with Gasteiger partial charge in [0, 0.05) is 21.5 Å². The van der Waals surface area contributed by atoms with E-state index in [-0.39, 0.29) is 11.1 Å². The van der Waals surface area contributed by atoms with Crippen LogP contribution in [0.2, 0.25) is 0 Å². The van der Waals surface area contributed by atoms with E-state index in [0.717, 1.165) is 60.2 Å². The molecule has 0 saturated carbocycles. The lowest BCUT2D eigenvalue weighted by molar-refractivity contribution is 0.655. The first-order valence-electron chi connectivity index (χ1n) is 12.5. The predicted octanol–water partition coefficient (Wildman–Crippen LogP) is 6.55. The smallest absolute Gasteiger partial charge is 0.263 e. The summed E-state index contributed by atoms with van der Waals surface area (Å²) in [6.07, 6.45) is 0. The molecule has 176 valence electrons. The van der Waals surface area contributed by atoms with Crippen LogP contribution in [0.3, 0.4) is 0 Å². The summed E-state index contributed by atoms with van der Waals surface area (Å²) in [4.78, 5) is 28.2. The van der Waals surface area contributed by atoms with Crippen molar-refractivity contribution in [2.75, 3.05) is 0 Å². The first-order valence-corrected chi connectivity index (χ1v) is 12.5. The van der Waals surface area contributed by atoms with Gasteiger partial charge < -0.3 is 4.42 Å². The van der Waals surface area contributed by atoms with Gasteiger partial charge >= 0.3 is 0 Å². The molecule has 6 nitrogen and oxygen atoms in total. The molecule has 0 aliphatic carbocycles. The van der Waals surface area contributed by atoms with Crippen LogP contribution in [-0.2, 0) is 0 Å². The van der Waals surface area contributed by atoms with Crippen LogP contribution in [0.5, 0.6) is 0 Å². The van der Waals surface area contributed by atoms with Crippen LogP contribution >= 0.6 is 0 Å². The van der Waals surface area contributed by atoms with E-state index in [0.29, 0.717) is 21.9 Å². The summed E-state index contributed by atoms with van der Waals surface area (Å²) in [5.41, 5.74) is 6.81. The van der Waals surface area contributed by atoms with Crippen LogP contribution < -0.4 is 11.1 Å². The zero-order valence-corrected chi connectivity index (χ0v) is 19.7. The number of benzene rings is 5. The summed E-state index contributed by atoms with van der Waals surface area (Å²) in [5.74, 6) is 0. The monoisotopic (exact) mass is 489 g/mol. The van der Waals surface area contributed by atoms with Crippen molar-refractivity contribution in [3.63, 3.8) is 0 Å². The van der Waals surface area contributed by atoms with Crippen molar-refractivity contribution in [3.05, 3.63) is 112 Å². The molecule has 5 heterocycles. The van der Waals surface area contributed by atoms with Gasteiger partial charge in [-0.05, 0) is 59.3 Å². The van der Waals surface area contributed by atoms with Crippen LogP contribution in [0.4, 0.5) is 0 Å². The summed E-state index contributed by atoms with van der Waals surface area (Å²) in [5, 5.41) is 5.07. The van der Waals surface area contributed by atoms with Crippen molar-refractivity contribution in [2.45, 2.75) is 0 Å². The fourth-order valence-corrected chi connectivity index (χ4v) is 6.88. The van der Waals surface area contributed by atoms with Crippen molar-refractivity contribution in [1.82, 2.24) is 13.2 Å². The van der Waals surface area contributed by atoms with Gasteiger partial charge in [0.25, 0.3) is 11.1 Å². The number of hydrogen-bond donors (Lipinski definition) is 0. The highest BCUT2D eigenvalue weighted by Gasteiger charge is 2.26. The van der Waals surface area contributed by atoms with Gasteiger partial charge in [0.1, 0.15) is 11.0 Å². The molecule has 0 N–H and O–H groups in total. The van der Waals surface area contributed by atoms with Gasteiger partial charge in [0.15, 0.2) is 11.2 Å². The molecule has 0 aliphatic rings. The van der Waals surface area contributed by atoms with E-state index >= 15 is 0 Å². The van der Waals surface area contributed by atoms with Crippen molar-refractivity contribution >= 4 is 82.1 Å². The molecule has 0 spiro atoms. The highest BCUT2D eigenvalue weighted by molar-refractivity contribution is 6.22. The van der Waals surface area contributed by atoms with Gasteiger partial charge in [-0.3, -0.25) is 22.8 Å². The Morgan fingerprint density at radius 1 is 0.395 bits per heavy atom. The fourth-order valence-electron chi connectivity index (χ4n) is 6.88. The summed E-state index contributed by atoms with van der Waals surface area (Å²) in [6, 6.07) is 29.4. The molecule has 0 fully saturated rings. The van der Waals surface area contributed by atoms with E-state index in [1.807, 2.05) is 95.4 Å². The Bertz CT molecular complexity index is 2770. The summed E-state index contributed by atoms with van der Waals surface area (Å²) >= 11 is 0. The molecule has 0 bridgehead atoms. The molecule has 10 rings (SSSR count). The second kappa shape index (κ2) is 5.95. The van der Waals surface area contributed by atoms with Crippen molar-refractivity contribution in [2.24, 2.45) is 0 Å². The lowest BCUT2D eigenvalue weighted by Crippen LogP contribution is -2.21. The van der Waals surface area contributed by atoms with Crippen molar-refractivity contribution in [1.29, 1.82) is 0 Å². The van der Waals surface area contributed by atoms with Gasteiger partial charge in [-0.1, -0.05) is 42.5 Å². The van der Waals surface area contributed by atoms with Crippen LogP contribution in [0, 0.1) is 0 Å². The summed E-state index contributed by atoms with van der Waals surface area (Å²) in [7, 11) is 0. The van der Waals surface area contributed by atoms with Gasteiger partial charge in [-0.25, -0.2) is 0 Å². The van der Waals surface area contributed by atoms with Crippen LogP contribution in [0.1, 0.15) is 0 Å². The normalized spacial score (nSPS) is 12.9. The number of fused-ring (bicyclic) bond motifs is 6. The number of para-hydroxylation sites is 1. The first-order chi connectivity index (χ1) is 18.7. The predicted molar refractivity (Wildman–Crippen MR) is 152 cm³/mol. The minimum Gasteiger partial charge on any atom is -0.453 e. The topological polar surface area (TPSA) is 60.5 Å². The average molecular weight is 489 g/mol. The molecule has 6 heteroatoms. The van der Waals surface area contributed by atoms with Crippen LogP contribution in [0.25, 0.3) is 82.1 Å². The molecule has 5 aromatic heterocycles. The highest BCUT2D eigenvalue weighted by atomic mass is 16.3. The highest BCUT2D eigenvalue weighted by Crippen LogP contribution is 2.41. The maximum absolute atomic E-state index is 14.2. The summed E-state index contributed by atoms with van der Waals surface area (Å²) in [6.45, 7) is 0. The Labute approximate surface area is 211 Å². The van der Waals surface area contributed by atoms with Gasteiger partial charge in [0.05, 0.1) is 27.6 Å². The van der Waals surface area contributed by atoms with Crippen LogP contribution in [0.15, 0.2) is 105 Å². The SMILES string of the molecule is O=c1c2ccccc2c2ccc3oc4cccc5c4n4c3c2n1c1ccc2c3ccccc3c(=O)n5c2c14. The van der Waals surface area contributed by atoms with Gasteiger partial charge in [-0.2, -0.15) is 0 Å². The van der Waals surface area contributed by atoms with E-state index in [2.05, 4.69) is 4.40 Å². The maximum Gasteiger partial charge on any atom is 0.263 e. The number of aromatic nitrogens is 3. The van der Waals surface area contributed by atoms with E-state index < -0.39 is 0 Å². The van der Waals surface area contributed by atoms with Gasteiger partial charge in [0.2, 0.25) is 0 Å². The van der Waals surface area contributed by atoms with E-state index in [4.69, 9.17) is 4.42 Å². The fraction of sp³-hybridized carbons (Fsp3) is 0. The van der Waals surface area contributed by atoms with Crippen LogP contribution in [-0.4, -0.2) is 13.2 Å². The molecule has 0 unspecified atom stereocenters. The molecule has 5 aromatic carbocycles. The van der Waals surface area contributed by atoms with E-state index in [9.17, 15) is 9.59 Å².